The molecule has 0 aliphatic carbocycles. The third-order valence-electron chi connectivity index (χ3n) is 18.6. The Morgan fingerprint density at radius 3 is 0.938 bits per heavy atom. The molecule has 0 saturated carbocycles. The molecule has 0 atom stereocenters. The van der Waals surface area contributed by atoms with Crippen molar-refractivity contribution < 1.29 is 39.5 Å². The molecule has 96 heavy (non-hydrogen) atoms. The van der Waals surface area contributed by atoms with Crippen molar-refractivity contribution in [2.24, 2.45) is 0 Å². The summed E-state index contributed by atoms with van der Waals surface area (Å²) in [7, 11) is 0. The minimum absolute atomic E-state index is 0.0683. The van der Waals surface area contributed by atoms with Crippen molar-refractivity contribution in [1.29, 1.82) is 5.26 Å². The molecule has 0 radical (unpaired) electrons. The Morgan fingerprint density at radius 2 is 0.583 bits per heavy atom. The van der Waals surface area contributed by atoms with E-state index >= 15 is 13.2 Å². The minimum Gasteiger partial charge on any atom is -0.307 e. The third-order valence-corrected chi connectivity index (χ3v) is 18.6. The van der Waals surface area contributed by atoms with E-state index in [9.17, 15) is 31.6 Å². The van der Waals surface area contributed by atoms with Gasteiger partial charge < -0.3 is 18.3 Å². The summed E-state index contributed by atoms with van der Waals surface area (Å²) in [6, 6.07) is 70.7. The number of rotatable bonds is 6. The van der Waals surface area contributed by atoms with E-state index in [4.69, 9.17) is 0 Å². The average Bonchev–Trinajstić information content (AvgIpc) is 1.52. The number of nitrogens with zero attached hydrogens (tertiary/aromatic N) is 5. The summed E-state index contributed by atoms with van der Waals surface area (Å²) >= 11 is 0. The van der Waals surface area contributed by atoms with Gasteiger partial charge in [0.1, 0.15) is 6.07 Å². The fourth-order valence-corrected chi connectivity index (χ4v) is 14.6. The Hall–Kier alpha value is -11.3. The zero-order chi connectivity index (χ0) is 67.0. The lowest BCUT2D eigenvalue weighted by Crippen LogP contribution is -2.16. The normalized spacial score (nSPS) is 12.3. The van der Waals surface area contributed by atoms with E-state index < -0.39 is 35.2 Å². The monoisotopic (exact) mass is 1280 g/mol. The van der Waals surface area contributed by atoms with Gasteiger partial charge in [0.25, 0.3) is 0 Å². The lowest BCUT2D eigenvalue weighted by molar-refractivity contribution is -0.138. The van der Waals surface area contributed by atoms with Crippen molar-refractivity contribution in [2.75, 3.05) is 0 Å². The van der Waals surface area contributed by atoms with E-state index in [0.717, 1.165) is 106 Å². The smallest absolute Gasteiger partial charge is 0.307 e. The fraction of sp³-hybridized carbons (Fsp3) is 0.110. The van der Waals surface area contributed by atoms with Gasteiger partial charge in [0.15, 0.2) is 0 Å². The van der Waals surface area contributed by atoms with Crippen LogP contribution in [-0.2, 0) is 18.5 Å². The quantitative estimate of drug-likeness (QED) is 0.153. The molecule has 0 aliphatic rings. The number of aryl methyl sites for hydroxylation is 6. The minimum atomic E-state index is -4.95. The fourth-order valence-electron chi connectivity index (χ4n) is 14.6. The van der Waals surface area contributed by atoms with Crippen LogP contribution in [0.1, 0.15) is 55.6 Å². The van der Waals surface area contributed by atoms with Crippen molar-refractivity contribution in [3.8, 4) is 51.1 Å². The molecule has 5 nitrogen and oxygen atoms in total. The Bertz CT molecular complexity index is 5960. The molecule has 0 N–H and O–H groups in total. The van der Waals surface area contributed by atoms with Crippen LogP contribution < -0.4 is 0 Å². The molecule has 472 valence electrons. The molecule has 16 rings (SSSR count). The number of fused-ring (bicyclic) bond motifs is 12. The van der Waals surface area contributed by atoms with Crippen LogP contribution in [0.2, 0.25) is 0 Å². The maximum absolute atomic E-state index is 15.7. The molecule has 12 aromatic carbocycles. The molecule has 0 amide bonds. The Morgan fingerprint density at radius 1 is 0.281 bits per heavy atom. The van der Waals surface area contributed by atoms with Crippen LogP contribution in [-0.4, -0.2) is 18.3 Å². The molecule has 0 unspecified atom stereocenters. The topological polar surface area (TPSA) is 43.5 Å². The number of para-hydroxylation sites is 4. The number of alkyl halides is 9. The van der Waals surface area contributed by atoms with Gasteiger partial charge in [-0.05, 0) is 184 Å². The van der Waals surface area contributed by atoms with Crippen LogP contribution in [0.5, 0.6) is 0 Å². The van der Waals surface area contributed by atoms with Gasteiger partial charge in [-0.1, -0.05) is 144 Å². The van der Waals surface area contributed by atoms with Gasteiger partial charge in [-0.3, -0.25) is 0 Å². The standard InChI is InChI=1S/C41H28F6N2.C41H28F3N3/c1-23-15-17-35-29(19-23)27-10-4-6-13-33(27)48(35)37-22-26(38-25(3)9-8-12-31(38)40(42,43)44)21-32(41(45,46)47)39(37)49-34-14-7-5-11-28(34)30-20-24(2)16-18-36(30)49;1-24-15-17-36-31(19-24)29-10-4-6-13-34(29)46(36)38-22-27(39-26(3)9-8-12-33(39)41(42,43)44)21-28(23-45)40(38)47-35-14-7-5-11-30(35)32-20-25(2)16-18-37(32)47/h4-22H,1-3H3;4-22H,1-3H3. The van der Waals surface area contributed by atoms with E-state index in [0.29, 0.717) is 44.6 Å². The second-order valence-electron chi connectivity index (χ2n) is 24.9. The molecule has 0 bridgehead atoms. The zero-order valence-corrected chi connectivity index (χ0v) is 52.6. The second-order valence-corrected chi connectivity index (χ2v) is 24.9. The van der Waals surface area contributed by atoms with E-state index in [2.05, 4.69) is 51.6 Å². The van der Waals surface area contributed by atoms with Gasteiger partial charge in [-0.25, -0.2) is 0 Å². The van der Waals surface area contributed by atoms with Crippen LogP contribution in [0, 0.1) is 52.9 Å². The Balaban J connectivity index is 0.000000158. The first kappa shape index (κ1) is 60.9. The predicted molar refractivity (Wildman–Crippen MR) is 369 cm³/mol. The molecule has 0 aliphatic heterocycles. The molecule has 16 aromatic rings. The molecule has 0 fully saturated rings. The van der Waals surface area contributed by atoms with Gasteiger partial charge in [0.2, 0.25) is 0 Å². The van der Waals surface area contributed by atoms with E-state index in [1.54, 1.807) is 46.4 Å². The van der Waals surface area contributed by atoms with Crippen molar-refractivity contribution in [2.45, 2.75) is 60.1 Å². The molecule has 4 aromatic heterocycles. The molecule has 0 saturated heterocycles. The number of hydrogen-bond acceptors (Lipinski definition) is 1. The van der Waals surface area contributed by atoms with E-state index in [-0.39, 0.29) is 39.2 Å². The van der Waals surface area contributed by atoms with Crippen LogP contribution in [0.15, 0.2) is 231 Å². The largest absolute Gasteiger partial charge is 0.418 e. The molecule has 0 spiro atoms. The number of halogens is 9. The van der Waals surface area contributed by atoms with E-state index in [1.165, 1.54) is 31.2 Å². The highest BCUT2D eigenvalue weighted by molar-refractivity contribution is 6.14. The summed E-state index contributed by atoms with van der Waals surface area (Å²) < 4.78 is 142. The van der Waals surface area contributed by atoms with Gasteiger partial charge in [0, 0.05) is 43.1 Å². The predicted octanol–water partition coefficient (Wildman–Crippen LogP) is 23.9. The lowest BCUT2D eigenvalue weighted by Gasteiger charge is -2.24. The van der Waals surface area contributed by atoms with E-state index in [1.807, 2.05) is 149 Å². The summed E-state index contributed by atoms with van der Waals surface area (Å²) in [4.78, 5) is 0. The maximum Gasteiger partial charge on any atom is 0.418 e. The van der Waals surface area contributed by atoms with Crippen LogP contribution in [0.4, 0.5) is 39.5 Å². The number of hydrogen-bond donors (Lipinski definition) is 0. The van der Waals surface area contributed by atoms with Gasteiger partial charge in [-0.2, -0.15) is 44.8 Å². The number of aromatic nitrogens is 4. The summed E-state index contributed by atoms with van der Waals surface area (Å²) in [6.07, 6.45) is -14.3. The van der Waals surface area contributed by atoms with Crippen molar-refractivity contribution >= 4 is 87.2 Å². The maximum atomic E-state index is 15.7. The van der Waals surface area contributed by atoms with Crippen LogP contribution in [0.25, 0.3) is 132 Å². The summed E-state index contributed by atoms with van der Waals surface area (Å²) in [6.45, 7) is 11.1. The average molecular weight is 1280 g/mol. The first-order chi connectivity index (χ1) is 46.0. The molecular weight excluding hydrogens is 1230 g/mol. The van der Waals surface area contributed by atoms with Crippen molar-refractivity contribution in [1.82, 2.24) is 18.3 Å². The molecular formula is C82H56F9N5. The molecule has 4 heterocycles. The third kappa shape index (κ3) is 9.85. The zero-order valence-electron chi connectivity index (χ0n) is 52.6. The summed E-state index contributed by atoms with van der Waals surface area (Å²) in [5.74, 6) is 0. The highest BCUT2D eigenvalue weighted by atomic mass is 19.4. The highest BCUT2D eigenvalue weighted by Crippen LogP contribution is 2.50. The second kappa shape index (κ2) is 22.4. The van der Waals surface area contributed by atoms with Gasteiger partial charge in [-0.15, -0.1) is 0 Å². The van der Waals surface area contributed by atoms with Crippen LogP contribution >= 0.6 is 0 Å². The van der Waals surface area contributed by atoms with Gasteiger partial charge in [0.05, 0.1) is 89.1 Å². The molecule has 14 heteroatoms. The highest BCUT2D eigenvalue weighted by Gasteiger charge is 2.41. The summed E-state index contributed by atoms with van der Waals surface area (Å²) in [5, 5.41) is 18.2. The first-order valence-corrected chi connectivity index (χ1v) is 31.2. The lowest BCUT2D eigenvalue weighted by atomic mass is 9.92. The summed E-state index contributed by atoms with van der Waals surface area (Å²) in [5.41, 5.74) is 9.39. The Kier molecular flexibility index (Phi) is 14.2. The van der Waals surface area contributed by atoms with Crippen molar-refractivity contribution in [3.63, 3.8) is 0 Å². The van der Waals surface area contributed by atoms with Crippen LogP contribution in [0.3, 0.4) is 0 Å². The number of nitriles is 1. The SMILES string of the molecule is Cc1ccc2c(c1)c1ccccc1n2-c1cc(-c2c(C)cccc2C(F)(F)F)cc(C#N)c1-n1c2ccccc2c2cc(C)ccc21.Cc1ccc2c(c1)c1ccccc1n2-c1cc(-c2c(C)cccc2C(F)(F)F)cc(C(F)(F)F)c1-n1c2ccccc2c2cc(C)ccc21. The van der Waals surface area contributed by atoms with Crippen molar-refractivity contribution in [3.05, 3.63) is 286 Å². The van der Waals surface area contributed by atoms with Gasteiger partial charge >= 0.3 is 18.5 Å². The number of benzene rings is 12. The first-order valence-electron chi connectivity index (χ1n) is 31.2. The Labute approximate surface area is 544 Å².